The molecular weight excluding hydrogens is 310 g/mol. The molecule has 0 saturated heterocycles. The summed E-state index contributed by atoms with van der Waals surface area (Å²) >= 11 is 0. The predicted octanol–water partition coefficient (Wildman–Crippen LogP) is 5.42. The largest absolute Gasteiger partial charge is 0.505 e. The van der Waals surface area contributed by atoms with E-state index in [0.717, 1.165) is 44.5 Å². The number of nitrogens with one attached hydrogen (secondary N) is 1. The molecule has 0 aliphatic heterocycles. The number of amides is 1. The van der Waals surface area contributed by atoms with Gasteiger partial charge in [-0.05, 0) is 112 Å². The summed E-state index contributed by atoms with van der Waals surface area (Å²) in [6, 6.07) is 0. The molecule has 2 N–H and O–H groups in total. The maximum absolute atomic E-state index is 13.1. The Morgan fingerprint density at radius 2 is 0.960 bits per heavy atom. The van der Waals surface area contributed by atoms with E-state index in [2.05, 4.69) is 26.1 Å². The van der Waals surface area contributed by atoms with Crippen molar-refractivity contribution in [2.75, 3.05) is 5.32 Å². The lowest BCUT2D eigenvalue weighted by Crippen LogP contribution is -2.18. The Hall–Kier alpha value is -2.29. The molecule has 0 atom stereocenters. The molecule has 2 aromatic carbocycles. The molecule has 0 fully saturated rings. The summed E-state index contributed by atoms with van der Waals surface area (Å²) in [7, 11) is 0. The Bertz CT molecular complexity index is 834. The van der Waals surface area contributed by atoms with Gasteiger partial charge in [0, 0.05) is 5.56 Å². The first-order chi connectivity index (χ1) is 11.5. The standard InChI is InChI=1S/C22H29NO2/c1-10-11(2)15(6)19(16(7)12(10)3)22(25)23-20-17(8)13(4)14(5)18(9)21(20)24/h24H,1-9H3,(H,23,25). The Balaban J connectivity index is 2.61. The smallest absolute Gasteiger partial charge is 0.256 e. The van der Waals surface area contributed by atoms with Crippen LogP contribution in [-0.2, 0) is 0 Å². The Morgan fingerprint density at radius 1 is 0.600 bits per heavy atom. The topological polar surface area (TPSA) is 49.3 Å². The maximum Gasteiger partial charge on any atom is 0.256 e. The second-order valence-corrected chi connectivity index (χ2v) is 7.18. The molecule has 3 heteroatoms. The van der Waals surface area contributed by atoms with Gasteiger partial charge in [-0.3, -0.25) is 4.79 Å². The van der Waals surface area contributed by atoms with Crippen molar-refractivity contribution >= 4 is 11.6 Å². The summed E-state index contributed by atoms with van der Waals surface area (Å²) in [5, 5.41) is 13.5. The van der Waals surface area contributed by atoms with Crippen LogP contribution < -0.4 is 5.32 Å². The fourth-order valence-electron chi connectivity index (χ4n) is 3.46. The summed E-state index contributed by atoms with van der Waals surface area (Å²) in [6.07, 6.45) is 0. The maximum atomic E-state index is 13.1. The minimum Gasteiger partial charge on any atom is -0.505 e. The van der Waals surface area contributed by atoms with Crippen molar-refractivity contribution in [3.05, 3.63) is 55.6 Å². The van der Waals surface area contributed by atoms with Crippen LogP contribution >= 0.6 is 0 Å². The number of carbonyl (C=O) groups excluding carboxylic acids is 1. The number of hydrogen-bond acceptors (Lipinski definition) is 2. The molecular formula is C22H29NO2. The third-order valence-corrected chi connectivity index (χ3v) is 6.12. The van der Waals surface area contributed by atoms with Gasteiger partial charge in [0.2, 0.25) is 0 Å². The highest BCUT2D eigenvalue weighted by molar-refractivity contribution is 6.08. The van der Waals surface area contributed by atoms with Gasteiger partial charge in [0.15, 0.2) is 0 Å². The quantitative estimate of drug-likeness (QED) is 0.718. The van der Waals surface area contributed by atoms with E-state index >= 15 is 0 Å². The lowest BCUT2D eigenvalue weighted by atomic mass is 9.89. The van der Waals surface area contributed by atoms with Crippen LogP contribution in [0.2, 0.25) is 0 Å². The molecule has 2 aromatic rings. The molecule has 0 aliphatic rings. The first-order valence-electron chi connectivity index (χ1n) is 8.68. The molecule has 0 heterocycles. The molecule has 1 amide bonds. The Labute approximate surface area is 151 Å². The van der Waals surface area contributed by atoms with Crippen LogP contribution in [0.1, 0.15) is 60.4 Å². The molecule has 0 spiro atoms. The third kappa shape index (κ3) is 2.92. The van der Waals surface area contributed by atoms with E-state index in [4.69, 9.17) is 0 Å². The van der Waals surface area contributed by atoms with Crippen LogP contribution in [-0.4, -0.2) is 11.0 Å². The number of aromatic hydroxyl groups is 1. The average molecular weight is 339 g/mol. The van der Waals surface area contributed by atoms with E-state index in [1.807, 2.05) is 41.5 Å². The number of carbonyl (C=O) groups is 1. The first kappa shape index (κ1) is 19.0. The number of benzene rings is 2. The zero-order chi connectivity index (χ0) is 19.2. The van der Waals surface area contributed by atoms with Crippen molar-refractivity contribution < 1.29 is 9.90 Å². The molecule has 0 aromatic heterocycles. The number of anilines is 1. The molecule has 3 nitrogen and oxygen atoms in total. The summed E-state index contributed by atoms with van der Waals surface area (Å²) in [5.41, 5.74) is 10.6. The van der Waals surface area contributed by atoms with Gasteiger partial charge >= 0.3 is 0 Å². The van der Waals surface area contributed by atoms with Gasteiger partial charge in [-0.1, -0.05) is 0 Å². The van der Waals surface area contributed by atoms with Crippen molar-refractivity contribution in [2.24, 2.45) is 0 Å². The van der Waals surface area contributed by atoms with Crippen molar-refractivity contribution in [2.45, 2.75) is 62.3 Å². The number of phenols is 1. The molecule has 0 aliphatic carbocycles. The molecule has 0 unspecified atom stereocenters. The fraction of sp³-hybridized carbons (Fsp3) is 0.409. The highest BCUT2D eigenvalue weighted by Crippen LogP contribution is 2.37. The van der Waals surface area contributed by atoms with E-state index in [1.54, 1.807) is 0 Å². The van der Waals surface area contributed by atoms with Crippen LogP contribution in [0, 0.1) is 62.3 Å². The average Bonchev–Trinajstić information content (AvgIpc) is 2.58. The van der Waals surface area contributed by atoms with Crippen molar-refractivity contribution in [3.63, 3.8) is 0 Å². The van der Waals surface area contributed by atoms with Crippen molar-refractivity contribution in [1.82, 2.24) is 0 Å². The minimum absolute atomic E-state index is 0.157. The van der Waals surface area contributed by atoms with E-state index in [9.17, 15) is 9.90 Å². The van der Waals surface area contributed by atoms with E-state index < -0.39 is 0 Å². The monoisotopic (exact) mass is 339 g/mol. The number of rotatable bonds is 2. The van der Waals surface area contributed by atoms with Gasteiger partial charge in [-0.2, -0.15) is 0 Å². The molecule has 25 heavy (non-hydrogen) atoms. The fourth-order valence-corrected chi connectivity index (χ4v) is 3.46. The summed E-state index contributed by atoms with van der Waals surface area (Å²) in [4.78, 5) is 13.1. The van der Waals surface area contributed by atoms with E-state index in [1.165, 1.54) is 5.56 Å². The third-order valence-electron chi connectivity index (χ3n) is 6.12. The zero-order valence-electron chi connectivity index (χ0n) is 16.9. The van der Waals surface area contributed by atoms with Crippen molar-refractivity contribution in [1.29, 1.82) is 0 Å². The summed E-state index contributed by atoms with van der Waals surface area (Å²) in [6.45, 7) is 18.0. The van der Waals surface area contributed by atoms with Gasteiger partial charge in [-0.25, -0.2) is 0 Å². The highest BCUT2D eigenvalue weighted by Gasteiger charge is 2.21. The van der Waals surface area contributed by atoms with Gasteiger partial charge < -0.3 is 10.4 Å². The highest BCUT2D eigenvalue weighted by atomic mass is 16.3. The van der Waals surface area contributed by atoms with Gasteiger partial charge in [0.25, 0.3) is 5.91 Å². The summed E-state index contributed by atoms with van der Waals surface area (Å²) < 4.78 is 0. The lowest BCUT2D eigenvalue weighted by molar-refractivity contribution is 0.102. The predicted molar refractivity (Wildman–Crippen MR) is 105 cm³/mol. The Kier molecular flexibility index (Phi) is 4.99. The minimum atomic E-state index is -0.165. The summed E-state index contributed by atoms with van der Waals surface area (Å²) in [5.74, 6) is -0.00735. The van der Waals surface area contributed by atoms with Crippen LogP contribution in [0.3, 0.4) is 0 Å². The number of phenolic OH excluding ortho intramolecular Hbond substituents is 1. The number of hydrogen-bond donors (Lipinski definition) is 2. The van der Waals surface area contributed by atoms with Crippen LogP contribution in [0.5, 0.6) is 5.75 Å². The molecule has 2 rings (SSSR count). The van der Waals surface area contributed by atoms with Gasteiger partial charge in [-0.15, -0.1) is 0 Å². The molecule has 0 radical (unpaired) electrons. The molecule has 0 saturated carbocycles. The molecule has 0 bridgehead atoms. The van der Waals surface area contributed by atoms with Gasteiger partial charge in [0.05, 0.1) is 5.69 Å². The van der Waals surface area contributed by atoms with Crippen LogP contribution in [0.25, 0.3) is 0 Å². The zero-order valence-corrected chi connectivity index (χ0v) is 16.9. The SMILES string of the molecule is Cc1c(C)c(C)c(C(=O)Nc2c(C)c(C)c(C)c(C)c2O)c(C)c1C. The first-order valence-corrected chi connectivity index (χ1v) is 8.68. The second-order valence-electron chi connectivity index (χ2n) is 7.18. The molecule has 134 valence electrons. The normalized spacial score (nSPS) is 10.9. The Morgan fingerprint density at radius 3 is 1.44 bits per heavy atom. The van der Waals surface area contributed by atoms with E-state index in [0.29, 0.717) is 11.3 Å². The van der Waals surface area contributed by atoms with Crippen LogP contribution in [0.4, 0.5) is 5.69 Å². The van der Waals surface area contributed by atoms with Crippen LogP contribution in [0.15, 0.2) is 0 Å². The van der Waals surface area contributed by atoms with Gasteiger partial charge in [0.1, 0.15) is 5.75 Å². The van der Waals surface area contributed by atoms with Crippen molar-refractivity contribution in [3.8, 4) is 5.75 Å². The lowest BCUT2D eigenvalue weighted by Gasteiger charge is -2.21. The van der Waals surface area contributed by atoms with E-state index in [-0.39, 0.29) is 11.7 Å². The second kappa shape index (κ2) is 6.55.